The number of nitrogens with one attached hydrogen (secondary N) is 1. The van der Waals surface area contributed by atoms with Crippen LogP contribution in [0.25, 0.3) is 0 Å². The first-order valence-electron chi connectivity index (χ1n) is 7.09. The Balaban J connectivity index is 2.02. The van der Waals surface area contributed by atoms with E-state index in [1.54, 1.807) is 6.07 Å². The molecule has 1 unspecified atom stereocenters. The quantitative estimate of drug-likeness (QED) is 0.783. The first kappa shape index (κ1) is 17.1. The molecule has 0 aromatic heterocycles. The second-order valence-corrected chi connectivity index (χ2v) is 6.28. The van der Waals surface area contributed by atoms with Gasteiger partial charge in [-0.05, 0) is 59.2 Å². The summed E-state index contributed by atoms with van der Waals surface area (Å²) in [5, 5.41) is 12.4. The van der Waals surface area contributed by atoms with Crippen molar-refractivity contribution in [2.75, 3.05) is 25.0 Å². The van der Waals surface area contributed by atoms with E-state index < -0.39 is 0 Å². The largest absolute Gasteiger partial charge is 0.376 e. The van der Waals surface area contributed by atoms with E-state index in [9.17, 15) is 4.39 Å². The normalized spacial score (nSPS) is 17.0. The Morgan fingerprint density at radius 2 is 2.41 bits per heavy atom. The lowest BCUT2D eigenvalue weighted by atomic mass is 10.2. The van der Waals surface area contributed by atoms with Gasteiger partial charge in [0.1, 0.15) is 5.82 Å². The van der Waals surface area contributed by atoms with Crippen LogP contribution in [0.2, 0.25) is 0 Å². The number of halogens is 2. The highest BCUT2D eigenvalue weighted by Crippen LogP contribution is 2.23. The molecule has 1 saturated heterocycles. The Bertz CT molecular complexity index is 572. The maximum Gasteiger partial charge on any atom is 0.173 e. The number of ether oxygens (including phenoxy) is 1. The molecule has 1 aromatic rings. The molecule has 118 valence electrons. The molecule has 0 amide bonds. The molecule has 1 fully saturated rings. The van der Waals surface area contributed by atoms with E-state index in [0.717, 1.165) is 19.4 Å². The van der Waals surface area contributed by atoms with Gasteiger partial charge in [-0.15, -0.1) is 0 Å². The van der Waals surface area contributed by atoms with Gasteiger partial charge in [-0.1, -0.05) is 0 Å². The Hall–Kier alpha value is -1.23. The fraction of sp³-hybridized carbons (Fsp3) is 0.467. The third-order valence-electron chi connectivity index (χ3n) is 3.40. The molecule has 1 atom stereocenters. The lowest BCUT2D eigenvalue weighted by Crippen LogP contribution is -2.40. The standard InChI is InChI=1S/C15H17BrFN3OS/c16-13-9-11(17)4-5-14(13)19-15(22)20(7-2-6-18)10-12-3-1-8-21-12/h4-5,9,12H,1-3,7-8,10H2,(H,19,22). The Morgan fingerprint density at radius 3 is 3.05 bits per heavy atom. The van der Waals surface area contributed by atoms with Gasteiger partial charge in [0.25, 0.3) is 0 Å². The molecule has 22 heavy (non-hydrogen) atoms. The van der Waals surface area contributed by atoms with Gasteiger partial charge >= 0.3 is 0 Å². The molecule has 1 aromatic carbocycles. The van der Waals surface area contributed by atoms with Crippen molar-refractivity contribution in [2.45, 2.75) is 25.4 Å². The zero-order valence-corrected chi connectivity index (χ0v) is 14.4. The van der Waals surface area contributed by atoms with Crippen molar-refractivity contribution in [1.82, 2.24) is 4.90 Å². The summed E-state index contributed by atoms with van der Waals surface area (Å²) in [5.41, 5.74) is 0.695. The van der Waals surface area contributed by atoms with Crippen molar-refractivity contribution in [3.05, 3.63) is 28.5 Å². The molecule has 1 heterocycles. The summed E-state index contributed by atoms with van der Waals surface area (Å²) in [7, 11) is 0. The highest BCUT2D eigenvalue weighted by molar-refractivity contribution is 9.10. The fourth-order valence-electron chi connectivity index (χ4n) is 2.28. The van der Waals surface area contributed by atoms with E-state index in [0.29, 0.717) is 34.8 Å². The van der Waals surface area contributed by atoms with Crippen LogP contribution >= 0.6 is 28.1 Å². The lowest BCUT2D eigenvalue weighted by Gasteiger charge is -2.27. The van der Waals surface area contributed by atoms with Gasteiger partial charge in [0.15, 0.2) is 5.11 Å². The maximum atomic E-state index is 13.1. The molecule has 4 nitrogen and oxygen atoms in total. The van der Waals surface area contributed by atoms with Crippen LogP contribution in [0.15, 0.2) is 22.7 Å². The summed E-state index contributed by atoms with van der Waals surface area (Å²) in [5.74, 6) is -0.316. The Morgan fingerprint density at radius 1 is 1.59 bits per heavy atom. The monoisotopic (exact) mass is 385 g/mol. The van der Waals surface area contributed by atoms with Gasteiger partial charge in [-0.2, -0.15) is 5.26 Å². The third-order valence-corrected chi connectivity index (χ3v) is 4.42. The average Bonchev–Trinajstić information content (AvgIpc) is 2.99. The van der Waals surface area contributed by atoms with Gasteiger partial charge < -0.3 is 15.0 Å². The highest BCUT2D eigenvalue weighted by atomic mass is 79.9. The van der Waals surface area contributed by atoms with Crippen molar-refractivity contribution >= 4 is 38.9 Å². The number of rotatable bonds is 5. The zero-order chi connectivity index (χ0) is 15.9. The minimum Gasteiger partial charge on any atom is -0.376 e. The van der Waals surface area contributed by atoms with Crippen LogP contribution in [0.1, 0.15) is 19.3 Å². The summed E-state index contributed by atoms with van der Waals surface area (Å²) >= 11 is 8.74. The van der Waals surface area contributed by atoms with Crippen molar-refractivity contribution < 1.29 is 9.13 Å². The summed E-state index contributed by atoms with van der Waals surface area (Å²) in [6.45, 7) is 1.98. The SMILES string of the molecule is N#CCCN(CC1CCCO1)C(=S)Nc1ccc(F)cc1Br. The van der Waals surface area contributed by atoms with Gasteiger partial charge in [0.2, 0.25) is 0 Å². The topological polar surface area (TPSA) is 48.3 Å². The van der Waals surface area contributed by atoms with Gasteiger partial charge in [-0.25, -0.2) is 4.39 Å². The zero-order valence-electron chi connectivity index (χ0n) is 12.0. The molecule has 0 saturated carbocycles. The van der Waals surface area contributed by atoms with Crippen molar-refractivity contribution in [3.8, 4) is 6.07 Å². The minimum absolute atomic E-state index is 0.148. The van der Waals surface area contributed by atoms with Crippen LogP contribution in [0.4, 0.5) is 10.1 Å². The predicted molar refractivity (Wildman–Crippen MR) is 91.1 cm³/mol. The van der Waals surface area contributed by atoms with E-state index in [4.69, 9.17) is 22.2 Å². The second-order valence-electron chi connectivity index (χ2n) is 5.04. The molecule has 7 heteroatoms. The van der Waals surface area contributed by atoms with Crippen molar-refractivity contribution in [3.63, 3.8) is 0 Å². The minimum atomic E-state index is -0.316. The first-order valence-corrected chi connectivity index (χ1v) is 8.30. The fourth-order valence-corrected chi connectivity index (χ4v) is 3.01. The van der Waals surface area contributed by atoms with Crippen LogP contribution in [0.3, 0.4) is 0 Å². The van der Waals surface area contributed by atoms with Crippen molar-refractivity contribution in [2.24, 2.45) is 0 Å². The summed E-state index contributed by atoms with van der Waals surface area (Å²) < 4.78 is 19.4. The number of benzene rings is 1. The summed E-state index contributed by atoms with van der Waals surface area (Å²) in [6.07, 6.45) is 2.60. The van der Waals surface area contributed by atoms with Gasteiger partial charge in [0, 0.05) is 24.2 Å². The van der Waals surface area contributed by atoms with Gasteiger partial charge in [0.05, 0.1) is 24.3 Å². The van der Waals surface area contributed by atoms with Gasteiger partial charge in [-0.3, -0.25) is 0 Å². The van der Waals surface area contributed by atoms with Crippen molar-refractivity contribution in [1.29, 1.82) is 5.26 Å². The molecular weight excluding hydrogens is 369 g/mol. The summed E-state index contributed by atoms with van der Waals surface area (Å²) in [6, 6.07) is 6.51. The number of nitriles is 1. The van der Waals surface area contributed by atoms with Crippen LogP contribution in [0.5, 0.6) is 0 Å². The first-order chi connectivity index (χ1) is 10.6. The maximum absolute atomic E-state index is 13.1. The van der Waals surface area contributed by atoms with Crippen LogP contribution in [-0.2, 0) is 4.74 Å². The molecule has 0 radical (unpaired) electrons. The van der Waals surface area contributed by atoms with Crippen LogP contribution in [0, 0.1) is 17.1 Å². The Kier molecular flexibility index (Phi) is 6.55. The van der Waals surface area contributed by atoms with Crippen LogP contribution < -0.4 is 5.32 Å². The molecule has 2 rings (SSSR count). The lowest BCUT2D eigenvalue weighted by molar-refractivity contribution is 0.0922. The molecule has 0 aliphatic carbocycles. The summed E-state index contributed by atoms with van der Waals surface area (Å²) in [4.78, 5) is 1.93. The number of thiocarbonyl (C=S) groups is 1. The van der Waals surface area contributed by atoms with E-state index in [2.05, 4.69) is 27.3 Å². The second kappa shape index (κ2) is 8.42. The predicted octanol–water partition coefficient (Wildman–Crippen LogP) is 3.68. The molecule has 1 N–H and O–H groups in total. The number of nitrogens with zero attached hydrogens (tertiary/aromatic N) is 2. The van der Waals surface area contributed by atoms with E-state index in [1.807, 2.05) is 4.90 Å². The number of hydrogen-bond acceptors (Lipinski definition) is 3. The Labute approximate surface area is 143 Å². The molecule has 1 aliphatic rings. The molecule has 1 aliphatic heterocycles. The van der Waals surface area contributed by atoms with E-state index in [1.165, 1.54) is 12.1 Å². The number of anilines is 1. The molecule has 0 bridgehead atoms. The molecular formula is C15H17BrFN3OS. The highest BCUT2D eigenvalue weighted by Gasteiger charge is 2.21. The van der Waals surface area contributed by atoms with Crippen LogP contribution in [-0.4, -0.2) is 35.8 Å². The van der Waals surface area contributed by atoms with E-state index >= 15 is 0 Å². The third kappa shape index (κ3) is 4.90. The number of hydrogen-bond donors (Lipinski definition) is 1. The average molecular weight is 386 g/mol. The molecule has 0 spiro atoms. The van der Waals surface area contributed by atoms with E-state index in [-0.39, 0.29) is 11.9 Å². The smallest absolute Gasteiger partial charge is 0.173 e.